The molecule has 116 valence electrons. The van der Waals surface area contributed by atoms with Crippen molar-refractivity contribution in [3.05, 3.63) is 16.4 Å². The van der Waals surface area contributed by atoms with E-state index in [2.05, 4.69) is 39.8 Å². The molecule has 0 aromatic carbocycles. The van der Waals surface area contributed by atoms with Crippen molar-refractivity contribution in [3.63, 3.8) is 0 Å². The second-order valence-corrected chi connectivity index (χ2v) is 6.37. The molecule has 1 aromatic heterocycles. The highest BCUT2D eigenvalue weighted by molar-refractivity contribution is 9.10. The van der Waals surface area contributed by atoms with Crippen molar-refractivity contribution >= 4 is 15.9 Å². The van der Waals surface area contributed by atoms with Crippen LogP contribution < -0.4 is 0 Å². The predicted molar refractivity (Wildman–Crippen MR) is 83.7 cm³/mol. The van der Waals surface area contributed by atoms with Crippen LogP contribution >= 0.6 is 15.9 Å². The Kier molecular flexibility index (Phi) is 7.15. The minimum absolute atomic E-state index is 0.230. The van der Waals surface area contributed by atoms with E-state index in [0.717, 1.165) is 23.3 Å². The lowest BCUT2D eigenvalue weighted by molar-refractivity contribution is -0.0621. The molecule has 1 heterocycles. The van der Waals surface area contributed by atoms with E-state index in [1.54, 1.807) is 6.20 Å². The van der Waals surface area contributed by atoms with Gasteiger partial charge in [-0.25, -0.2) is 0 Å². The highest BCUT2D eigenvalue weighted by Crippen LogP contribution is 2.30. The molecule has 1 aromatic rings. The molecule has 2 unspecified atom stereocenters. The van der Waals surface area contributed by atoms with Crippen molar-refractivity contribution in [1.29, 1.82) is 0 Å². The molecule has 20 heavy (non-hydrogen) atoms. The van der Waals surface area contributed by atoms with E-state index < -0.39 is 6.10 Å². The maximum atomic E-state index is 10.7. The van der Waals surface area contributed by atoms with Crippen molar-refractivity contribution in [2.75, 3.05) is 27.2 Å². The van der Waals surface area contributed by atoms with Crippen molar-refractivity contribution in [3.8, 4) is 0 Å². The zero-order valence-electron chi connectivity index (χ0n) is 13.0. The lowest BCUT2D eigenvalue weighted by Crippen LogP contribution is -2.30. The smallest absolute Gasteiger partial charge is 0.123 e. The molecule has 1 N–H and O–H groups in total. The third-order valence-corrected chi connectivity index (χ3v) is 3.81. The molecule has 5 nitrogen and oxygen atoms in total. The van der Waals surface area contributed by atoms with E-state index >= 15 is 0 Å². The first-order valence-electron chi connectivity index (χ1n) is 7.04. The summed E-state index contributed by atoms with van der Waals surface area (Å²) in [6.07, 6.45) is 0.817. The summed E-state index contributed by atoms with van der Waals surface area (Å²) in [7, 11) is 4.04. The van der Waals surface area contributed by atoms with Crippen LogP contribution in [0.5, 0.6) is 0 Å². The maximum absolute atomic E-state index is 10.7. The first-order valence-corrected chi connectivity index (χ1v) is 7.83. The average Bonchev–Trinajstić information content (AvgIpc) is 2.73. The highest BCUT2D eigenvalue weighted by Gasteiger charge is 2.29. The molecule has 0 aliphatic heterocycles. The molecule has 0 saturated carbocycles. The molecule has 0 saturated heterocycles. The van der Waals surface area contributed by atoms with Crippen LogP contribution in [0.3, 0.4) is 0 Å². The summed E-state index contributed by atoms with van der Waals surface area (Å²) in [6.45, 7) is 8.25. The van der Waals surface area contributed by atoms with Gasteiger partial charge in [-0.1, -0.05) is 13.8 Å². The van der Waals surface area contributed by atoms with Crippen molar-refractivity contribution in [2.24, 2.45) is 5.92 Å². The van der Waals surface area contributed by atoms with Crippen LogP contribution in [0.15, 0.2) is 10.7 Å². The molecule has 6 heteroatoms. The Labute approximate surface area is 130 Å². The highest BCUT2D eigenvalue weighted by atomic mass is 79.9. The third kappa shape index (κ3) is 4.55. The summed E-state index contributed by atoms with van der Waals surface area (Å²) in [5, 5.41) is 15.0. The van der Waals surface area contributed by atoms with E-state index in [9.17, 15) is 5.11 Å². The van der Waals surface area contributed by atoms with E-state index in [1.807, 2.05) is 25.7 Å². The summed E-state index contributed by atoms with van der Waals surface area (Å²) >= 11 is 3.48. The van der Waals surface area contributed by atoms with E-state index in [1.165, 1.54) is 0 Å². The number of halogens is 1. The Balaban J connectivity index is 2.95. The standard InChI is InChI=1S/C14H26BrN3O2/c1-6-20-14(10(2)3)13(19)12-11(15)9-16-18(12)8-7-17(4)5/h9-10,13-14,19H,6-8H2,1-5H3. The quantitative estimate of drug-likeness (QED) is 0.783. The zero-order chi connectivity index (χ0) is 15.3. The van der Waals surface area contributed by atoms with Gasteiger partial charge in [0.1, 0.15) is 6.10 Å². The Morgan fingerprint density at radius 2 is 2.10 bits per heavy atom. The van der Waals surface area contributed by atoms with E-state index in [-0.39, 0.29) is 12.0 Å². The molecule has 0 amide bonds. The fourth-order valence-electron chi connectivity index (χ4n) is 2.14. The van der Waals surface area contributed by atoms with Crippen molar-refractivity contribution < 1.29 is 9.84 Å². The van der Waals surface area contributed by atoms with Gasteiger partial charge in [0, 0.05) is 13.2 Å². The topological polar surface area (TPSA) is 50.5 Å². The Morgan fingerprint density at radius 3 is 2.60 bits per heavy atom. The lowest BCUT2D eigenvalue weighted by atomic mass is 9.99. The van der Waals surface area contributed by atoms with Crippen LogP contribution in [0.2, 0.25) is 0 Å². The number of aliphatic hydroxyl groups is 1. The molecule has 0 radical (unpaired) electrons. The minimum atomic E-state index is -0.686. The van der Waals surface area contributed by atoms with Crippen LogP contribution in [0.4, 0.5) is 0 Å². The molecule has 0 bridgehead atoms. The van der Waals surface area contributed by atoms with Crippen LogP contribution in [-0.4, -0.2) is 53.1 Å². The number of hydrogen-bond acceptors (Lipinski definition) is 4. The van der Waals surface area contributed by atoms with Gasteiger partial charge in [-0.3, -0.25) is 4.68 Å². The van der Waals surface area contributed by atoms with Crippen molar-refractivity contribution in [1.82, 2.24) is 14.7 Å². The number of ether oxygens (including phenoxy) is 1. The SMILES string of the molecule is CCOC(C(C)C)C(O)c1c(Br)cnn1CCN(C)C. The van der Waals surface area contributed by atoms with Crippen molar-refractivity contribution in [2.45, 2.75) is 39.5 Å². The number of aliphatic hydroxyl groups excluding tert-OH is 1. The second-order valence-electron chi connectivity index (χ2n) is 5.51. The lowest BCUT2D eigenvalue weighted by Gasteiger charge is -2.27. The normalized spacial score (nSPS) is 15.1. The van der Waals surface area contributed by atoms with E-state index in [0.29, 0.717) is 6.61 Å². The van der Waals surface area contributed by atoms with Gasteiger partial charge in [-0.15, -0.1) is 0 Å². The monoisotopic (exact) mass is 347 g/mol. The number of likely N-dealkylation sites (N-methyl/N-ethyl adjacent to an activating group) is 1. The molecule has 2 atom stereocenters. The largest absolute Gasteiger partial charge is 0.384 e. The summed E-state index contributed by atoms with van der Waals surface area (Å²) in [5.74, 6) is 0.231. The third-order valence-electron chi connectivity index (χ3n) is 3.20. The second kappa shape index (κ2) is 8.12. The summed E-state index contributed by atoms with van der Waals surface area (Å²) in [4.78, 5) is 2.09. The number of aromatic nitrogens is 2. The summed E-state index contributed by atoms with van der Waals surface area (Å²) in [6, 6.07) is 0. The van der Waals surface area contributed by atoms with E-state index in [4.69, 9.17) is 4.74 Å². The van der Waals surface area contributed by atoms with Crippen LogP contribution in [-0.2, 0) is 11.3 Å². The molecule has 1 rings (SSSR count). The zero-order valence-corrected chi connectivity index (χ0v) is 14.6. The molecule has 0 spiro atoms. The average molecular weight is 348 g/mol. The number of hydrogen-bond donors (Lipinski definition) is 1. The van der Waals surface area contributed by atoms with Crippen LogP contribution in [0, 0.1) is 5.92 Å². The number of nitrogens with zero attached hydrogens (tertiary/aromatic N) is 3. The summed E-state index contributed by atoms with van der Waals surface area (Å²) in [5.41, 5.74) is 0.791. The fraction of sp³-hybridized carbons (Fsp3) is 0.786. The van der Waals surface area contributed by atoms with Crippen LogP contribution in [0.25, 0.3) is 0 Å². The predicted octanol–water partition coefficient (Wildman–Crippen LogP) is 2.30. The van der Waals surface area contributed by atoms with Gasteiger partial charge in [0.05, 0.1) is 29.0 Å². The van der Waals surface area contributed by atoms with Gasteiger partial charge < -0.3 is 14.7 Å². The first-order chi connectivity index (χ1) is 9.38. The van der Waals surface area contributed by atoms with Gasteiger partial charge in [0.2, 0.25) is 0 Å². The van der Waals surface area contributed by atoms with Gasteiger partial charge in [0.25, 0.3) is 0 Å². The maximum Gasteiger partial charge on any atom is 0.123 e. The molecular weight excluding hydrogens is 322 g/mol. The Hall–Kier alpha value is -0.430. The van der Waals surface area contributed by atoms with Gasteiger partial charge in [-0.05, 0) is 42.9 Å². The van der Waals surface area contributed by atoms with Gasteiger partial charge >= 0.3 is 0 Å². The van der Waals surface area contributed by atoms with Gasteiger partial charge in [-0.2, -0.15) is 5.10 Å². The van der Waals surface area contributed by atoms with Gasteiger partial charge in [0.15, 0.2) is 0 Å². The molecule has 0 fully saturated rings. The fourth-order valence-corrected chi connectivity index (χ4v) is 2.67. The Bertz CT molecular complexity index is 407. The molecule has 0 aliphatic rings. The Morgan fingerprint density at radius 1 is 1.45 bits per heavy atom. The summed E-state index contributed by atoms with van der Waals surface area (Å²) < 4.78 is 8.38. The molecule has 0 aliphatic carbocycles. The first kappa shape index (κ1) is 17.6. The molecular formula is C14H26BrN3O2. The minimum Gasteiger partial charge on any atom is -0.384 e. The van der Waals surface area contributed by atoms with Crippen LogP contribution in [0.1, 0.15) is 32.6 Å². The number of rotatable bonds is 8.